The van der Waals surface area contributed by atoms with Gasteiger partial charge in [-0.3, -0.25) is 4.79 Å². The Bertz CT molecular complexity index is 1660. The van der Waals surface area contributed by atoms with Gasteiger partial charge in [-0.15, -0.1) is 0 Å². The number of ether oxygens (including phenoxy) is 1. The maximum atomic E-state index is 12.0. The zero-order chi connectivity index (χ0) is 28.2. The summed E-state index contributed by atoms with van der Waals surface area (Å²) in [6.45, 7) is 5.69. The van der Waals surface area contributed by atoms with Gasteiger partial charge in [0.15, 0.2) is 0 Å². The Kier molecular flexibility index (Phi) is 7.54. The van der Waals surface area contributed by atoms with E-state index in [-0.39, 0.29) is 18.4 Å². The van der Waals surface area contributed by atoms with E-state index in [0.717, 1.165) is 40.7 Å². The van der Waals surface area contributed by atoms with E-state index < -0.39 is 0 Å². The van der Waals surface area contributed by atoms with Crippen molar-refractivity contribution in [2.45, 2.75) is 31.9 Å². The maximum absolute atomic E-state index is 12.0. The summed E-state index contributed by atoms with van der Waals surface area (Å²) in [6, 6.07) is 5.50. The van der Waals surface area contributed by atoms with Crippen molar-refractivity contribution >= 4 is 40.0 Å². The van der Waals surface area contributed by atoms with Crippen LogP contribution in [0.5, 0.6) is 5.75 Å². The van der Waals surface area contributed by atoms with Gasteiger partial charge in [0.1, 0.15) is 55.2 Å². The second kappa shape index (κ2) is 11.7. The number of nitrogens with one attached hydrogen (secondary N) is 2. The van der Waals surface area contributed by atoms with Crippen molar-refractivity contribution in [3.63, 3.8) is 0 Å². The first-order valence-corrected chi connectivity index (χ1v) is 13.5. The molecule has 0 aliphatic carbocycles. The number of rotatable bonds is 9. The number of anilines is 2. The quantitative estimate of drug-likeness (QED) is 0.249. The molecule has 4 aromatic heterocycles. The topological polar surface area (TPSA) is 140 Å². The van der Waals surface area contributed by atoms with Gasteiger partial charge < -0.3 is 19.9 Å². The molecule has 5 heterocycles. The van der Waals surface area contributed by atoms with Gasteiger partial charge >= 0.3 is 0 Å². The number of H-pyrrole nitrogens is 1. The fraction of sp³-hybridized carbons (Fsp3) is 0.250. The van der Waals surface area contributed by atoms with Crippen LogP contribution in [0.3, 0.4) is 0 Å². The molecule has 0 atom stereocenters. The number of fused-ring (bicyclic) bond motifs is 1. The molecule has 0 unspecified atom stereocenters. The molecule has 1 aliphatic rings. The monoisotopic (exact) mass is 570 g/mol. The summed E-state index contributed by atoms with van der Waals surface area (Å²) in [7, 11) is 0. The van der Waals surface area contributed by atoms with Crippen LogP contribution < -0.4 is 10.1 Å². The van der Waals surface area contributed by atoms with Crippen LogP contribution >= 0.6 is 11.6 Å². The van der Waals surface area contributed by atoms with Crippen LogP contribution in [0.4, 0.5) is 11.5 Å². The second-order valence-electron chi connectivity index (χ2n) is 9.65. The van der Waals surface area contributed by atoms with Gasteiger partial charge in [-0.1, -0.05) is 18.2 Å². The molecule has 0 bridgehead atoms. The van der Waals surface area contributed by atoms with Gasteiger partial charge in [0.2, 0.25) is 5.91 Å². The Labute approximate surface area is 240 Å². The summed E-state index contributed by atoms with van der Waals surface area (Å²) < 4.78 is 7.59. The minimum Gasteiger partial charge on any atom is -0.487 e. The third-order valence-corrected chi connectivity index (χ3v) is 7.33. The number of hydrogen-bond acceptors (Lipinski definition) is 9. The van der Waals surface area contributed by atoms with Gasteiger partial charge in [0.05, 0.1) is 10.4 Å². The van der Waals surface area contributed by atoms with Crippen LogP contribution in [-0.4, -0.2) is 63.6 Å². The van der Waals surface area contributed by atoms with E-state index >= 15 is 0 Å². The number of aromatic amines is 1. The van der Waals surface area contributed by atoms with Gasteiger partial charge in [0.25, 0.3) is 0 Å². The van der Waals surface area contributed by atoms with E-state index in [2.05, 4.69) is 46.9 Å². The van der Waals surface area contributed by atoms with E-state index in [1.807, 2.05) is 23.2 Å². The molecule has 0 saturated carbocycles. The average Bonchev–Trinajstić information content (AvgIpc) is 3.68. The Hall–Kier alpha value is -4.84. The van der Waals surface area contributed by atoms with Gasteiger partial charge in [-0.25, -0.2) is 29.6 Å². The summed E-state index contributed by atoms with van der Waals surface area (Å²) in [5.74, 6) is 2.11. The van der Waals surface area contributed by atoms with Crippen molar-refractivity contribution < 1.29 is 9.53 Å². The summed E-state index contributed by atoms with van der Waals surface area (Å²) in [5, 5.41) is 8.84. The number of hydrogen-bond donors (Lipinski definition) is 2. The van der Waals surface area contributed by atoms with Crippen molar-refractivity contribution in [2.24, 2.45) is 0 Å². The second-order valence-corrected chi connectivity index (χ2v) is 10.1. The molecule has 13 heteroatoms. The van der Waals surface area contributed by atoms with E-state index in [1.54, 1.807) is 29.5 Å². The Morgan fingerprint density at radius 3 is 2.73 bits per heavy atom. The molecule has 1 saturated heterocycles. The minimum absolute atomic E-state index is 0.0250. The largest absolute Gasteiger partial charge is 0.487 e. The molecular formula is C28H27ClN10O2. The van der Waals surface area contributed by atoms with Crippen molar-refractivity contribution in [3.05, 3.63) is 90.4 Å². The molecule has 6 rings (SSSR count). The number of piperidine rings is 1. The van der Waals surface area contributed by atoms with Crippen LogP contribution in [0.2, 0.25) is 5.02 Å². The fourth-order valence-corrected chi connectivity index (χ4v) is 5.17. The number of amides is 1. The highest BCUT2D eigenvalue weighted by Gasteiger charge is 2.26. The predicted molar refractivity (Wildman–Crippen MR) is 153 cm³/mol. The highest BCUT2D eigenvalue weighted by atomic mass is 35.5. The normalized spacial score (nSPS) is 13.8. The van der Waals surface area contributed by atoms with Crippen LogP contribution in [-0.2, 0) is 17.9 Å². The summed E-state index contributed by atoms with van der Waals surface area (Å²) in [5.41, 5.74) is 3.47. The number of halogens is 1. The van der Waals surface area contributed by atoms with Crippen molar-refractivity contribution in [3.8, 4) is 5.75 Å². The van der Waals surface area contributed by atoms with Crippen molar-refractivity contribution in [1.82, 2.24) is 44.6 Å². The van der Waals surface area contributed by atoms with Crippen molar-refractivity contribution in [1.29, 1.82) is 0 Å². The summed E-state index contributed by atoms with van der Waals surface area (Å²) >= 11 is 6.58. The highest BCUT2D eigenvalue weighted by Crippen LogP contribution is 2.37. The van der Waals surface area contributed by atoms with Crippen LogP contribution in [0, 0.1) is 0 Å². The van der Waals surface area contributed by atoms with Crippen LogP contribution in [0.25, 0.3) is 11.0 Å². The zero-order valence-electron chi connectivity index (χ0n) is 22.1. The molecule has 12 nitrogen and oxygen atoms in total. The molecule has 41 heavy (non-hydrogen) atoms. The number of likely N-dealkylation sites (tertiary alicyclic amines) is 1. The van der Waals surface area contributed by atoms with E-state index in [1.165, 1.54) is 18.7 Å². The number of benzene rings is 1. The van der Waals surface area contributed by atoms with Crippen molar-refractivity contribution in [2.75, 3.05) is 18.4 Å². The molecular weight excluding hydrogens is 544 g/mol. The van der Waals surface area contributed by atoms with Gasteiger partial charge in [-0.2, -0.15) is 5.10 Å². The van der Waals surface area contributed by atoms with E-state index in [0.29, 0.717) is 42.0 Å². The van der Waals surface area contributed by atoms with Crippen LogP contribution in [0.1, 0.15) is 35.7 Å². The first-order chi connectivity index (χ1) is 20.1. The molecule has 1 fully saturated rings. The van der Waals surface area contributed by atoms with Gasteiger partial charge in [0, 0.05) is 42.9 Å². The molecule has 0 radical (unpaired) electrons. The van der Waals surface area contributed by atoms with Crippen LogP contribution in [0.15, 0.2) is 68.4 Å². The summed E-state index contributed by atoms with van der Waals surface area (Å²) in [6.07, 6.45) is 13.1. The lowest BCUT2D eigenvalue weighted by Gasteiger charge is -2.31. The zero-order valence-corrected chi connectivity index (χ0v) is 22.8. The maximum Gasteiger partial charge on any atom is 0.245 e. The number of nitrogens with zero attached hydrogens (tertiary/aromatic N) is 8. The molecule has 1 aromatic carbocycles. The lowest BCUT2D eigenvalue weighted by atomic mass is 9.89. The SMILES string of the molecule is C=CC(=O)N1CCC(c2c[nH]c3ncnc(Nc4ccc(OCc5cnc(Cn6cncn6)nc5)c(Cl)c4)c23)CC1. The highest BCUT2D eigenvalue weighted by molar-refractivity contribution is 6.32. The molecule has 2 N–H and O–H groups in total. The molecule has 1 aliphatic heterocycles. The third-order valence-electron chi connectivity index (χ3n) is 7.04. The average molecular weight is 571 g/mol. The fourth-order valence-electron chi connectivity index (χ4n) is 4.93. The van der Waals surface area contributed by atoms with E-state index in [4.69, 9.17) is 16.3 Å². The minimum atomic E-state index is -0.0250. The predicted octanol–water partition coefficient (Wildman–Crippen LogP) is 4.26. The lowest BCUT2D eigenvalue weighted by Crippen LogP contribution is -2.36. The van der Waals surface area contributed by atoms with E-state index in [9.17, 15) is 4.79 Å². The number of carbonyl (C=O) groups is 1. The molecule has 208 valence electrons. The lowest BCUT2D eigenvalue weighted by molar-refractivity contribution is -0.127. The first-order valence-electron chi connectivity index (χ1n) is 13.1. The Balaban J connectivity index is 1.12. The molecule has 0 spiro atoms. The standard InChI is InChI=1S/C28H27ClN10O2/c1-2-25(40)38-7-5-19(6-8-38)21-12-33-27-26(21)28(35-16-34-27)37-20-3-4-23(22(29)9-20)41-14-18-10-31-24(32-11-18)13-39-17-30-15-36-39/h2-4,9-12,15-17,19H,1,5-8,13-14H2,(H2,33,34,35,37). The summed E-state index contributed by atoms with van der Waals surface area (Å²) in [4.78, 5) is 38.7. The smallest absolute Gasteiger partial charge is 0.245 e. The number of aromatic nitrogens is 8. The molecule has 5 aromatic rings. The first kappa shape index (κ1) is 26.4. The van der Waals surface area contributed by atoms with Gasteiger partial charge in [-0.05, 0) is 48.6 Å². The molecule has 1 amide bonds. The Morgan fingerprint density at radius 2 is 2.00 bits per heavy atom. The number of carbonyl (C=O) groups excluding carboxylic acids is 1. The Morgan fingerprint density at radius 1 is 1.17 bits per heavy atom. The third kappa shape index (κ3) is 5.87.